The number of aliphatic imine (C=N–C) groups is 1. The molecule has 1 aliphatic carbocycles. The molecule has 0 amide bonds. The number of oxazole rings is 1. The summed E-state index contributed by atoms with van der Waals surface area (Å²) in [7, 11) is 1.79. The Hall–Kier alpha value is -2.30. The summed E-state index contributed by atoms with van der Waals surface area (Å²) < 4.78 is 5.59. The minimum atomic E-state index is 0.370. The first-order valence-electron chi connectivity index (χ1n) is 8.52. The first kappa shape index (κ1) is 16.6. The van der Waals surface area contributed by atoms with Crippen molar-refractivity contribution in [3.05, 3.63) is 53.2 Å². The van der Waals surface area contributed by atoms with E-state index in [2.05, 4.69) is 50.9 Å². The number of hydrogen-bond donors (Lipinski definition) is 2. The molecule has 1 aromatic carbocycles. The van der Waals surface area contributed by atoms with Crippen molar-refractivity contribution in [1.82, 2.24) is 15.6 Å². The molecule has 0 spiro atoms. The molecule has 1 aliphatic rings. The largest absolute Gasteiger partial charge is 0.444 e. The SMILES string of the molecule is CN=C(NCc1nc(C)c(C)o1)NCC1(Cc2ccccc2)CC1. The molecule has 1 saturated carbocycles. The third kappa shape index (κ3) is 4.16. The van der Waals surface area contributed by atoms with Gasteiger partial charge in [0.15, 0.2) is 5.96 Å². The molecule has 0 aliphatic heterocycles. The number of hydrogen-bond acceptors (Lipinski definition) is 3. The fourth-order valence-corrected chi connectivity index (χ4v) is 2.89. The lowest BCUT2D eigenvalue weighted by molar-refractivity contribution is 0.460. The van der Waals surface area contributed by atoms with Crippen LogP contribution in [-0.2, 0) is 13.0 Å². The van der Waals surface area contributed by atoms with Gasteiger partial charge in [-0.3, -0.25) is 4.99 Å². The standard InChI is InChI=1S/C19H26N4O/c1-14-15(2)24-17(23-14)12-21-18(20-3)22-13-19(9-10-19)11-16-7-5-4-6-8-16/h4-8H,9-13H2,1-3H3,(H2,20,21,22). The molecular weight excluding hydrogens is 300 g/mol. The summed E-state index contributed by atoms with van der Waals surface area (Å²) in [6, 6.07) is 10.7. The maximum atomic E-state index is 5.59. The summed E-state index contributed by atoms with van der Waals surface area (Å²) in [6.07, 6.45) is 3.66. The van der Waals surface area contributed by atoms with E-state index in [1.807, 2.05) is 13.8 Å². The van der Waals surface area contributed by atoms with Gasteiger partial charge in [-0.1, -0.05) is 30.3 Å². The van der Waals surface area contributed by atoms with Gasteiger partial charge in [0.1, 0.15) is 5.76 Å². The van der Waals surface area contributed by atoms with Crippen LogP contribution in [0.2, 0.25) is 0 Å². The van der Waals surface area contributed by atoms with E-state index in [1.54, 1.807) is 7.05 Å². The Labute approximate surface area is 143 Å². The molecule has 1 fully saturated rings. The Balaban J connectivity index is 1.49. The predicted molar refractivity (Wildman–Crippen MR) is 96.0 cm³/mol. The van der Waals surface area contributed by atoms with Crippen molar-refractivity contribution < 1.29 is 4.42 Å². The van der Waals surface area contributed by atoms with Crippen LogP contribution in [0.4, 0.5) is 0 Å². The van der Waals surface area contributed by atoms with Gasteiger partial charge in [0.25, 0.3) is 0 Å². The van der Waals surface area contributed by atoms with Gasteiger partial charge in [-0.2, -0.15) is 0 Å². The summed E-state index contributed by atoms with van der Waals surface area (Å²) in [6.45, 7) is 5.36. The molecule has 5 heteroatoms. The Kier molecular flexibility index (Phi) is 4.88. The normalized spacial score (nSPS) is 16.0. The maximum Gasteiger partial charge on any atom is 0.214 e. The number of nitrogens with one attached hydrogen (secondary N) is 2. The van der Waals surface area contributed by atoms with E-state index in [0.717, 1.165) is 30.4 Å². The molecular formula is C19H26N4O. The number of nitrogens with zero attached hydrogens (tertiary/aromatic N) is 2. The molecule has 3 rings (SSSR count). The number of rotatable bonds is 6. The van der Waals surface area contributed by atoms with Gasteiger partial charge in [-0.15, -0.1) is 0 Å². The van der Waals surface area contributed by atoms with Crippen LogP contribution in [0.3, 0.4) is 0 Å². The van der Waals surface area contributed by atoms with E-state index in [9.17, 15) is 0 Å². The van der Waals surface area contributed by atoms with E-state index in [0.29, 0.717) is 17.9 Å². The van der Waals surface area contributed by atoms with Gasteiger partial charge < -0.3 is 15.1 Å². The molecule has 2 N–H and O–H groups in total. The maximum absolute atomic E-state index is 5.59. The second-order valence-corrected chi connectivity index (χ2v) is 6.69. The smallest absolute Gasteiger partial charge is 0.214 e. The molecule has 5 nitrogen and oxygen atoms in total. The Morgan fingerprint density at radius 3 is 2.54 bits per heavy atom. The molecule has 0 unspecified atom stereocenters. The fraction of sp³-hybridized carbons (Fsp3) is 0.474. The zero-order valence-corrected chi connectivity index (χ0v) is 14.7. The van der Waals surface area contributed by atoms with E-state index in [1.165, 1.54) is 18.4 Å². The monoisotopic (exact) mass is 326 g/mol. The average molecular weight is 326 g/mol. The highest BCUT2D eigenvalue weighted by atomic mass is 16.4. The number of aromatic nitrogens is 1. The van der Waals surface area contributed by atoms with Gasteiger partial charge in [0.2, 0.25) is 5.89 Å². The molecule has 0 bridgehead atoms. The van der Waals surface area contributed by atoms with E-state index < -0.39 is 0 Å². The lowest BCUT2D eigenvalue weighted by atomic mass is 9.96. The third-order valence-electron chi connectivity index (χ3n) is 4.71. The molecule has 128 valence electrons. The first-order valence-corrected chi connectivity index (χ1v) is 8.52. The van der Waals surface area contributed by atoms with Gasteiger partial charge in [0, 0.05) is 13.6 Å². The fourth-order valence-electron chi connectivity index (χ4n) is 2.89. The quantitative estimate of drug-likeness (QED) is 0.633. The van der Waals surface area contributed by atoms with Gasteiger partial charge >= 0.3 is 0 Å². The van der Waals surface area contributed by atoms with Gasteiger partial charge in [-0.25, -0.2) is 4.98 Å². The molecule has 0 atom stereocenters. The van der Waals surface area contributed by atoms with Crippen molar-refractivity contribution in [2.24, 2.45) is 10.4 Å². The van der Waals surface area contributed by atoms with Crippen LogP contribution in [0.15, 0.2) is 39.7 Å². The van der Waals surface area contributed by atoms with Crippen molar-refractivity contribution in [2.45, 2.75) is 39.7 Å². The van der Waals surface area contributed by atoms with Crippen LogP contribution in [0.25, 0.3) is 0 Å². The summed E-state index contributed by atoms with van der Waals surface area (Å²) in [5.74, 6) is 2.36. The molecule has 2 aromatic rings. The number of guanidine groups is 1. The highest BCUT2D eigenvalue weighted by Crippen LogP contribution is 2.47. The summed E-state index contributed by atoms with van der Waals surface area (Å²) >= 11 is 0. The lowest BCUT2D eigenvalue weighted by Gasteiger charge is -2.18. The van der Waals surface area contributed by atoms with Crippen molar-refractivity contribution in [3.8, 4) is 0 Å². The highest BCUT2D eigenvalue weighted by Gasteiger charge is 2.42. The van der Waals surface area contributed by atoms with E-state index in [-0.39, 0.29) is 0 Å². The van der Waals surface area contributed by atoms with Crippen molar-refractivity contribution in [2.75, 3.05) is 13.6 Å². The second kappa shape index (κ2) is 7.07. The number of benzene rings is 1. The van der Waals surface area contributed by atoms with Gasteiger partial charge in [-0.05, 0) is 44.1 Å². The minimum absolute atomic E-state index is 0.370. The zero-order chi connectivity index (χ0) is 17.0. The van der Waals surface area contributed by atoms with Crippen LogP contribution in [-0.4, -0.2) is 24.5 Å². The summed E-state index contributed by atoms with van der Waals surface area (Å²) in [5, 5.41) is 6.73. The molecule has 24 heavy (non-hydrogen) atoms. The van der Waals surface area contributed by atoms with Crippen LogP contribution in [0.1, 0.15) is 35.7 Å². The molecule has 0 saturated heterocycles. The first-order chi connectivity index (χ1) is 11.6. The molecule has 0 radical (unpaired) electrons. The lowest BCUT2D eigenvalue weighted by Crippen LogP contribution is -2.40. The van der Waals surface area contributed by atoms with Crippen molar-refractivity contribution in [3.63, 3.8) is 0 Å². The average Bonchev–Trinajstić information content (AvgIpc) is 3.27. The zero-order valence-electron chi connectivity index (χ0n) is 14.7. The Bertz CT molecular complexity index is 682. The van der Waals surface area contributed by atoms with E-state index in [4.69, 9.17) is 4.42 Å². The number of aryl methyl sites for hydroxylation is 2. The Morgan fingerprint density at radius 1 is 1.21 bits per heavy atom. The topological polar surface area (TPSA) is 62.5 Å². The van der Waals surface area contributed by atoms with Crippen LogP contribution in [0.5, 0.6) is 0 Å². The van der Waals surface area contributed by atoms with Crippen LogP contribution < -0.4 is 10.6 Å². The molecule has 1 aromatic heterocycles. The second-order valence-electron chi connectivity index (χ2n) is 6.69. The van der Waals surface area contributed by atoms with Crippen molar-refractivity contribution >= 4 is 5.96 Å². The van der Waals surface area contributed by atoms with Crippen molar-refractivity contribution in [1.29, 1.82) is 0 Å². The third-order valence-corrected chi connectivity index (χ3v) is 4.71. The summed E-state index contributed by atoms with van der Waals surface area (Å²) in [5.41, 5.74) is 2.72. The summed E-state index contributed by atoms with van der Waals surface area (Å²) in [4.78, 5) is 8.68. The minimum Gasteiger partial charge on any atom is -0.444 e. The highest BCUT2D eigenvalue weighted by molar-refractivity contribution is 5.79. The van der Waals surface area contributed by atoms with Crippen LogP contribution in [0, 0.1) is 19.3 Å². The predicted octanol–water partition coefficient (Wildman–Crippen LogP) is 2.98. The van der Waals surface area contributed by atoms with E-state index >= 15 is 0 Å². The van der Waals surface area contributed by atoms with Crippen LogP contribution >= 0.6 is 0 Å². The Morgan fingerprint density at radius 2 is 1.96 bits per heavy atom. The molecule has 1 heterocycles. The van der Waals surface area contributed by atoms with Gasteiger partial charge in [0.05, 0.1) is 12.2 Å².